The van der Waals surface area contributed by atoms with E-state index < -0.39 is 0 Å². The van der Waals surface area contributed by atoms with E-state index in [1.165, 1.54) is 16.3 Å². The first-order chi connectivity index (χ1) is 9.36. The molecule has 0 aliphatic carbocycles. The van der Waals surface area contributed by atoms with Gasteiger partial charge in [-0.15, -0.1) is 0 Å². The van der Waals surface area contributed by atoms with Gasteiger partial charge in [-0.3, -0.25) is 9.88 Å². The highest BCUT2D eigenvalue weighted by atomic mass is 16.3. The zero-order chi connectivity index (χ0) is 13.1. The average molecular weight is 257 g/mol. The zero-order valence-electron chi connectivity index (χ0n) is 10.9. The number of nitrogens with zero attached hydrogens (tertiary/aromatic N) is 2. The van der Waals surface area contributed by atoms with Gasteiger partial charge in [-0.25, -0.2) is 0 Å². The normalized spacial score (nSPS) is 20.8. The van der Waals surface area contributed by atoms with Crippen molar-refractivity contribution in [2.75, 3.05) is 26.2 Å². The molecular weight excluding hydrogens is 238 g/mol. The number of hydrogen-bond acceptors (Lipinski definition) is 4. The molecule has 1 unspecified atom stereocenters. The average Bonchev–Trinajstić information content (AvgIpc) is 2.48. The lowest BCUT2D eigenvalue weighted by Gasteiger charge is -2.33. The number of fused-ring (bicyclic) bond motifs is 1. The van der Waals surface area contributed by atoms with Crippen LogP contribution in [0.15, 0.2) is 36.7 Å². The van der Waals surface area contributed by atoms with E-state index in [4.69, 9.17) is 0 Å². The summed E-state index contributed by atoms with van der Waals surface area (Å²) in [7, 11) is 0. The minimum atomic E-state index is 0.199. The molecule has 2 aromatic rings. The van der Waals surface area contributed by atoms with Crippen LogP contribution in [0.3, 0.4) is 0 Å². The lowest BCUT2D eigenvalue weighted by atomic mass is 10.1. The van der Waals surface area contributed by atoms with Gasteiger partial charge >= 0.3 is 0 Å². The first-order valence-corrected chi connectivity index (χ1v) is 6.75. The van der Waals surface area contributed by atoms with Gasteiger partial charge in [-0.1, -0.05) is 18.2 Å². The number of aromatic nitrogens is 1. The Morgan fingerprint density at radius 2 is 2.32 bits per heavy atom. The van der Waals surface area contributed by atoms with Crippen LogP contribution in [0.5, 0.6) is 0 Å². The number of rotatable bonds is 3. The highest BCUT2D eigenvalue weighted by molar-refractivity contribution is 5.84. The zero-order valence-corrected chi connectivity index (χ0v) is 10.9. The molecule has 1 aromatic carbocycles. The molecule has 0 spiro atoms. The van der Waals surface area contributed by atoms with Crippen molar-refractivity contribution in [3.63, 3.8) is 0 Å². The number of aliphatic hydroxyl groups excluding tert-OH is 1. The molecule has 0 radical (unpaired) electrons. The SMILES string of the molecule is OCC1CN(Cc2cccc3cnccc23)CCN1. The van der Waals surface area contributed by atoms with E-state index in [1.807, 2.05) is 12.4 Å². The summed E-state index contributed by atoms with van der Waals surface area (Å²) in [6.07, 6.45) is 3.76. The van der Waals surface area contributed by atoms with Crippen molar-refractivity contribution >= 4 is 10.8 Å². The third-order valence-corrected chi connectivity index (χ3v) is 3.73. The van der Waals surface area contributed by atoms with Crippen molar-refractivity contribution in [3.8, 4) is 0 Å². The first kappa shape index (κ1) is 12.5. The van der Waals surface area contributed by atoms with Crippen molar-refractivity contribution in [1.82, 2.24) is 15.2 Å². The van der Waals surface area contributed by atoms with Crippen molar-refractivity contribution in [1.29, 1.82) is 0 Å². The maximum absolute atomic E-state index is 9.25. The Kier molecular flexibility index (Phi) is 3.73. The van der Waals surface area contributed by atoms with E-state index in [0.717, 1.165) is 26.2 Å². The van der Waals surface area contributed by atoms with Gasteiger partial charge in [-0.2, -0.15) is 0 Å². The van der Waals surface area contributed by atoms with Gasteiger partial charge in [0, 0.05) is 50.0 Å². The van der Waals surface area contributed by atoms with Crippen molar-refractivity contribution < 1.29 is 5.11 Å². The summed E-state index contributed by atoms with van der Waals surface area (Å²) in [6, 6.07) is 8.64. The van der Waals surface area contributed by atoms with Gasteiger partial charge in [0.05, 0.1) is 6.61 Å². The third kappa shape index (κ3) is 2.76. The summed E-state index contributed by atoms with van der Waals surface area (Å²) in [4.78, 5) is 6.56. The van der Waals surface area contributed by atoms with E-state index in [9.17, 15) is 5.11 Å². The van der Waals surface area contributed by atoms with E-state index in [1.54, 1.807) is 0 Å². The number of aliphatic hydroxyl groups is 1. The third-order valence-electron chi connectivity index (χ3n) is 3.73. The lowest BCUT2D eigenvalue weighted by molar-refractivity contribution is 0.144. The number of pyridine rings is 1. The minimum absolute atomic E-state index is 0.199. The second-order valence-corrected chi connectivity index (χ2v) is 5.08. The van der Waals surface area contributed by atoms with E-state index >= 15 is 0 Å². The summed E-state index contributed by atoms with van der Waals surface area (Å²) < 4.78 is 0. The number of piperazine rings is 1. The highest BCUT2D eigenvalue weighted by Gasteiger charge is 2.18. The lowest BCUT2D eigenvalue weighted by Crippen LogP contribution is -2.51. The molecule has 1 fully saturated rings. The monoisotopic (exact) mass is 257 g/mol. The van der Waals surface area contributed by atoms with Gasteiger partial charge < -0.3 is 10.4 Å². The van der Waals surface area contributed by atoms with Crippen molar-refractivity contribution in [3.05, 3.63) is 42.2 Å². The Morgan fingerprint density at radius 1 is 1.37 bits per heavy atom. The molecule has 0 saturated carbocycles. The second-order valence-electron chi connectivity index (χ2n) is 5.08. The van der Waals surface area contributed by atoms with Crippen LogP contribution in [0.1, 0.15) is 5.56 Å². The Bertz CT molecular complexity index is 553. The molecule has 1 atom stereocenters. The van der Waals surface area contributed by atoms with Crippen LogP contribution in [0.4, 0.5) is 0 Å². The van der Waals surface area contributed by atoms with Crippen LogP contribution in [-0.4, -0.2) is 47.3 Å². The molecule has 0 amide bonds. The highest BCUT2D eigenvalue weighted by Crippen LogP contribution is 2.19. The minimum Gasteiger partial charge on any atom is -0.395 e. The standard InChI is InChI=1S/C15H19N3O/c19-11-14-10-18(7-6-17-14)9-13-3-1-2-12-8-16-5-4-15(12)13/h1-5,8,14,17,19H,6-7,9-11H2. The number of nitrogens with one attached hydrogen (secondary N) is 1. The molecule has 3 rings (SSSR count). The summed E-state index contributed by atoms with van der Waals surface area (Å²) in [6.45, 7) is 4.00. The molecule has 2 N–H and O–H groups in total. The summed E-state index contributed by atoms with van der Waals surface area (Å²) in [5.74, 6) is 0. The van der Waals surface area contributed by atoms with Crippen molar-refractivity contribution in [2.24, 2.45) is 0 Å². The van der Waals surface area contributed by atoms with Crippen LogP contribution in [0.2, 0.25) is 0 Å². The molecule has 2 heterocycles. The fourth-order valence-electron chi connectivity index (χ4n) is 2.73. The quantitative estimate of drug-likeness (QED) is 0.861. The van der Waals surface area contributed by atoms with E-state index in [0.29, 0.717) is 0 Å². The molecule has 1 saturated heterocycles. The first-order valence-electron chi connectivity index (χ1n) is 6.75. The molecule has 1 aliphatic heterocycles. The van der Waals surface area contributed by atoms with Crippen molar-refractivity contribution in [2.45, 2.75) is 12.6 Å². The Morgan fingerprint density at radius 3 is 3.21 bits per heavy atom. The van der Waals surface area contributed by atoms with Crippen LogP contribution >= 0.6 is 0 Å². The van der Waals surface area contributed by atoms with Gasteiger partial charge in [0.2, 0.25) is 0 Å². The summed E-state index contributed by atoms with van der Waals surface area (Å²) >= 11 is 0. The van der Waals surface area contributed by atoms with E-state index in [2.05, 4.69) is 39.5 Å². The fourth-order valence-corrected chi connectivity index (χ4v) is 2.73. The number of hydrogen-bond donors (Lipinski definition) is 2. The van der Waals surface area contributed by atoms with E-state index in [-0.39, 0.29) is 12.6 Å². The molecular formula is C15H19N3O. The van der Waals surface area contributed by atoms with Gasteiger partial charge in [0.15, 0.2) is 0 Å². The Balaban J connectivity index is 1.81. The predicted octanol–water partition coefficient (Wildman–Crippen LogP) is 1.00. The van der Waals surface area contributed by atoms with Gasteiger partial charge in [0.25, 0.3) is 0 Å². The van der Waals surface area contributed by atoms with Crippen LogP contribution in [0.25, 0.3) is 10.8 Å². The van der Waals surface area contributed by atoms with Crippen LogP contribution in [0, 0.1) is 0 Å². The molecule has 1 aliphatic rings. The van der Waals surface area contributed by atoms with Crippen LogP contribution < -0.4 is 5.32 Å². The van der Waals surface area contributed by atoms with Gasteiger partial charge in [-0.05, 0) is 17.0 Å². The molecule has 1 aromatic heterocycles. The maximum Gasteiger partial charge on any atom is 0.0597 e. The Hall–Kier alpha value is -1.49. The second kappa shape index (κ2) is 5.65. The topological polar surface area (TPSA) is 48.4 Å². The molecule has 19 heavy (non-hydrogen) atoms. The molecule has 4 heteroatoms. The summed E-state index contributed by atoms with van der Waals surface area (Å²) in [5, 5.41) is 15.0. The molecule has 100 valence electrons. The maximum atomic E-state index is 9.25. The smallest absolute Gasteiger partial charge is 0.0597 e. The molecule has 0 bridgehead atoms. The number of benzene rings is 1. The largest absolute Gasteiger partial charge is 0.395 e. The van der Waals surface area contributed by atoms with Crippen LogP contribution in [-0.2, 0) is 6.54 Å². The predicted molar refractivity (Wildman–Crippen MR) is 75.9 cm³/mol. The summed E-state index contributed by atoms with van der Waals surface area (Å²) in [5.41, 5.74) is 1.33. The Labute approximate surface area is 113 Å². The van der Waals surface area contributed by atoms with Gasteiger partial charge in [0.1, 0.15) is 0 Å². The molecule has 4 nitrogen and oxygen atoms in total. The fraction of sp³-hybridized carbons (Fsp3) is 0.400.